The first-order valence-corrected chi connectivity index (χ1v) is 4.98. The maximum Gasteiger partial charge on any atom is 0.0269 e. The van der Waals surface area contributed by atoms with Crippen molar-refractivity contribution in [3.05, 3.63) is 48.7 Å². The van der Waals surface area contributed by atoms with Crippen molar-refractivity contribution in [3.63, 3.8) is 0 Å². The van der Waals surface area contributed by atoms with Crippen molar-refractivity contribution in [2.24, 2.45) is 0 Å². The van der Waals surface area contributed by atoms with Gasteiger partial charge in [0.2, 0.25) is 0 Å². The lowest BCUT2D eigenvalue weighted by atomic mass is 10.1. The van der Waals surface area contributed by atoms with Gasteiger partial charge in [-0.3, -0.25) is 0 Å². The number of hydrogen-bond acceptors (Lipinski definition) is 1. The molecule has 0 amide bonds. The molecule has 0 unspecified atom stereocenters. The quantitative estimate of drug-likeness (QED) is 0.633. The van der Waals surface area contributed by atoms with Crippen LogP contribution in [0, 0.1) is 0 Å². The molecule has 1 N–H and O–H groups in total. The van der Waals surface area contributed by atoms with Crippen LogP contribution in [0.3, 0.4) is 0 Å². The van der Waals surface area contributed by atoms with E-state index in [0.29, 0.717) is 6.04 Å². The number of nitrogens with one attached hydrogen (secondary N) is 1. The Balaban J connectivity index is 4.11. The zero-order chi connectivity index (χ0) is 11.1. The van der Waals surface area contributed by atoms with Crippen LogP contribution < -0.4 is 5.32 Å². The fourth-order valence-corrected chi connectivity index (χ4v) is 0.965. The second-order valence-corrected chi connectivity index (χ2v) is 3.64. The molecule has 0 aromatic heterocycles. The molecule has 0 bridgehead atoms. The summed E-state index contributed by atoms with van der Waals surface area (Å²) in [5, 5.41) is 3.20. The molecule has 0 saturated heterocycles. The molecule has 0 aromatic carbocycles. The predicted octanol–water partition coefficient (Wildman–Crippen LogP) is 3.58. The molecule has 0 rings (SSSR count). The van der Waals surface area contributed by atoms with Gasteiger partial charge in [-0.25, -0.2) is 0 Å². The van der Waals surface area contributed by atoms with Crippen molar-refractivity contribution in [2.75, 3.05) is 0 Å². The summed E-state index contributed by atoms with van der Waals surface area (Å²) in [7, 11) is 0. The lowest BCUT2D eigenvalue weighted by molar-refractivity contribution is 0.683. The smallest absolute Gasteiger partial charge is 0.0269 e. The molecular weight excluding hydrogens is 170 g/mol. The minimum Gasteiger partial charge on any atom is -0.383 e. The summed E-state index contributed by atoms with van der Waals surface area (Å²) in [5.74, 6) is 0. The minimum absolute atomic E-state index is 0.412. The molecule has 1 heteroatoms. The Labute approximate surface area is 87.9 Å². The Kier molecular flexibility index (Phi) is 5.70. The summed E-state index contributed by atoms with van der Waals surface area (Å²) in [5.41, 5.74) is 2.95. The molecule has 1 nitrogen and oxygen atoms in total. The lowest BCUT2D eigenvalue weighted by Crippen LogP contribution is -2.19. The highest BCUT2D eigenvalue weighted by Crippen LogP contribution is 2.10. The second-order valence-electron chi connectivity index (χ2n) is 3.64. The van der Waals surface area contributed by atoms with Crippen molar-refractivity contribution in [3.8, 4) is 0 Å². The summed E-state index contributed by atoms with van der Waals surface area (Å²) >= 11 is 0. The summed E-state index contributed by atoms with van der Waals surface area (Å²) in [4.78, 5) is 0. The SMILES string of the molecule is C=C(/C=C\C(=C)C(=C)CC)NC(C)C. The van der Waals surface area contributed by atoms with Crippen LogP contribution in [-0.4, -0.2) is 6.04 Å². The third kappa shape index (κ3) is 5.41. The molecule has 0 atom stereocenters. The van der Waals surface area contributed by atoms with Crippen molar-refractivity contribution in [1.82, 2.24) is 5.32 Å². The molecule has 0 aliphatic rings. The van der Waals surface area contributed by atoms with Crippen LogP contribution in [0.15, 0.2) is 48.7 Å². The van der Waals surface area contributed by atoms with Crippen LogP contribution in [-0.2, 0) is 0 Å². The van der Waals surface area contributed by atoms with Gasteiger partial charge in [-0.2, -0.15) is 0 Å². The average molecular weight is 191 g/mol. The Morgan fingerprint density at radius 2 is 1.79 bits per heavy atom. The molecule has 0 aliphatic heterocycles. The van der Waals surface area contributed by atoms with E-state index in [9.17, 15) is 0 Å². The van der Waals surface area contributed by atoms with Gasteiger partial charge in [0.25, 0.3) is 0 Å². The molecule has 14 heavy (non-hydrogen) atoms. The highest BCUT2D eigenvalue weighted by atomic mass is 14.9. The van der Waals surface area contributed by atoms with Crippen molar-refractivity contribution in [1.29, 1.82) is 0 Å². The van der Waals surface area contributed by atoms with Crippen LogP contribution in [0.1, 0.15) is 27.2 Å². The monoisotopic (exact) mass is 191 g/mol. The Hall–Kier alpha value is -1.24. The van der Waals surface area contributed by atoms with E-state index in [1.165, 1.54) is 0 Å². The number of hydrogen-bond donors (Lipinski definition) is 1. The van der Waals surface area contributed by atoms with Crippen LogP contribution in [0.25, 0.3) is 0 Å². The van der Waals surface area contributed by atoms with Crippen LogP contribution >= 0.6 is 0 Å². The zero-order valence-electron chi connectivity index (χ0n) is 9.56. The van der Waals surface area contributed by atoms with Gasteiger partial charge >= 0.3 is 0 Å². The van der Waals surface area contributed by atoms with Crippen LogP contribution in [0.2, 0.25) is 0 Å². The Morgan fingerprint density at radius 1 is 1.21 bits per heavy atom. The Bertz CT molecular complexity index is 256. The third-order valence-electron chi connectivity index (χ3n) is 1.84. The highest BCUT2D eigenvalue weighted by molar-refractivity contribution is 5.37. The Morgan fingerprint density at radius 3 is 2.21 bits per heavy atom. The van der Waals surface area contributed by atoms with Gasteiger partial charge in [0.15, 0.2) is 0 Å². The standard InChI is InChI=1S/C13H21N/c1-7-11(4)12(5)8-9-13(6)14-10(2)3/h8-10,14H,4-7H2,1-3H3/b9-8-. The largest absolute Gasteiger partial charge is 0.383 e. The van der Waals surface area contributed by atoms with Gasteiger partial charge in [0, 0.05) is 11.7 Å². The number of allylic oxidation sites excluding steroid dienone is 4. The predicted molar refractivity (Wildman–Crippen MR) is 65.1 cm³/mol. The van der Waals surface area contributed by atoms with E-state index in [-0.39, 0.29) is 0 Å². The molecule has 0 heterocycles. The van der Waals surface area contributed by atoms with E-state index in [2.05, 4.69) is 45.8 Å². The van der Waals surface area contributed by atoms with E-state index >= 15 is 0 Å². The average Bonchev–Trinajstić information content (AvgIpc) is 2.11. The van der Waals surface area contributed by atoms with Gasteiger partial charge in [-0.1, -0.05) is 32.7 Å². The zero-order valence-corrected chi connectivity index (χ0v) is 9.56. The van der Waals surface area contributed by atoms with Crippen molar-refractivity contribution in [2.45, 2.75) is 33.2 Å². The fourth-order valence-electron chi connectivity index (χ4n) is 0.965. The van der Waals surface area contributed by atoms with Gasteiger partial charge in [-0.15, -0.1) is 0 Å². The van der Waals surface area contributed by atoms with E-state index < -0.39 is 0 Å². The molecule has 0 spiro atoms. The molecule has 78 valence electrons. The molecule has 0 radical (unpaired) electrons. The van der Waals surface area contributed by atoms with Crippen molar-refractivity contribution >= 4 is 0 Å². The summed E-state index contributed by atoms with van der Waals surface area (Å²) in [6, 6.07) is 0.412. The minimum atomic E-state index is 0.412. The van der Waals surface area contributed by atoms with E-state index in [0.717, 1.165) is 23.3 Å². The first kappa shape index (κ1) is 12.8. The van der Waals surface area contributed by atoms with Gasteiger partial charge in [-0.05, 0) is 37.5 Å². The fraction of sp³-hybridized carbons (Fsp3) is 0.385. The summed E-state index contributed by atoms with van der Waals surface area (Å²) < 4.78 is 0. The normalized spacial score (nSPS) is 10.6. The van der Waals surface area contributed by atoms with E-state index in [1.807, 2.05) is 12.2 Å². The first-order chi connectivity index (χ1) is 6.47. The molecule has 0 aliphatic carbocycles. The summed E-state index contributed by atoms with van der Waals surface area (Å²) in [6.45, 7) is 18.0. The maximum atomic E-state index is 3.92. The molecular formula is C13H21N. The third-order valence-corrected chi connectivity index (χ3v) is 1.84. The molecule has 0 saturated carbocycles. The summed E-state index contributed by atoms with van der Waals surface area (Å²) in [6.07, 6.45) is 4.82. The second kappa shape index (κ2) is 6.25. The van der Waals surface area contributed by atoms with Gasteiger partial charge in [0.05, 0.1) is 0 Å². The van der Waals surface area contributed by atoms with Crippen LogP contribution in [0.5, 0.6) is 0 Å². The first-order valence-electron chi connectivity index (χ1n) is 4.98. The number of rotatable bonds is 6. The van der Waals surface area contributed by atoms with E-state index in [4.69, 9.17) is 0 Å². The highest BCUT2D eigenvalue weighted by Gasteiger charge is 1.94. The topological polar surface area (TPSA) is 12.0 Å². The van der Waals surface area contributed by atoms with Gasteiger partial charge < -0.3 is 5.32 Å². The van der Waals surface area contributed by atoms with Crippen LogP contribution in [0.4, 0.5) is 0 Å². The molecule has 0 aromatic rings. The maximum absolute atomic E-state index is 3.92. The van der Waals surface area contributed by atoms with E-state index in [1.54, 1.807) is 0 Å². The van der Waals surface area contributed by atoms with Gasteiger partial charge in [0.1, 0.15) is 0 Å². The lowest BCUT2D eigenvalue weighted by Gasteiger charge is -2.09. The molecule has 0 fully saturated rings. The van der Waals surface area contributed by atoms with Crippen molar-refractivity contribution < 1.29 is 0 Å².